The Labute approximate surface area is 196 Å². The number of benzene rings is 1. The number of nitrogens with one attached hydrogen (secondary N) is 1. The van der Waals surface area contributed by atoms with Gasteiger partial charge in [0.2, 0.25) is 11.9 Å². The number of aryl methyl sites for hydroxylation is 1. The van der Waals surface area contributed by atoms with Crippen molar-refractivity contribution in [3.63, 3.8) is 0 Å². The molecular weight excluding hydrogens is 469 g/mol. The highest BCUT2D eigenvalue weighted by atomic mass is 35.5. The van der Waals surface area contributed by atoms with Crippen LogP contribution in [0.15, 0.2) is 27.8 Å². The van der Waals surface area contributed by atoms with Gasteiger partial charge in [-0.3, -0.25) is 28.4 Å². The zero-order valence-corrected chi connectivity index (χ0v) is 19.2. The molecule has 1 atom stereocenters. The van der Waals surface area contributed by atoms with E-state index in [1.165, 1.54) is 23.7 Å². The summed E-state index contributed by atoms with van der Waals surface area (Å²) in [7, 11) is 2.96. The van der Waals surface area contributed by atoms with Gasteiger partial charge in [-0.05, 0) is 18.2 Å². The van der Waals surface area contributed by atoms with Gasteiger partial charge < -0.3 is 9.88 Å². The average molecular weight is 490 g/mol. The number of imidazole rings is 1. The molecule has 2 aliphatic heterocycles. The Hall–Kier alpha value is -3.51. The molecule has 2 fully saturated rings. The standard InChI is InChI=1S/C21H21ClFN7O4/c1-26-17-16(19(33)27(2)21(26)34)24-20(25-17)29-7-5-28(6-8-29)14-10-15(31)30(18(14)32)11-3-4-13(23)12(22)9-11/h3-4,9,14H,5-8,10H2,1-2H3,(H,24,25). The highest BCUT2D eigenvalue weighted by Crippen LogP contribution is 2.29. The van der Waals surface area contributed by atoms with Crippen LogP contribution in [0.5, 0.6) is 0 Å². The van der Waals surface area contributed by atoms with Gasteiger partial charge >= 0.3 is 5.69 Å². The minimum atomic E-state index is -0.624. The first-order valence-electron chi connectivity index (χ1n) is 10.6. The summed E-state index contributed by atoms with van der Waals surface area (Å²) in [4.78, 5) is 62.6. The van der Waals surface area contributed by atoms with E-state index < -0.39 is 23.1 Å². The third kappa shape index (κ3) is 3.41. The lowest BCUT2D eigenvalue weighted by Gasteiger charge is -2.36. The van der Waals surface area contributed by atoms with E-state index in [2.05, 4.69) is 9.97 Å². The minimum Gasteiger partial charge on any atom is -0.340 e. The summed E-state index contributed by atoms with van der Waals surface area (Å²) in [6.45, 7) is 1.95. The van der Waals surface area contributed by atoms with Crippen molar-refractivity contribution in [2.24, 2.45) is 14.1 Å². The molecule has 0 bridgehead atoms. The van der Waals surface area contributed by atoms with Crippen LogP contribution in [0.3, 0.4) is 0 Å². The first-order valence-corrected chi connectivity index (χ1v) is 11.0. The van der Waals surface area contributed by atoms with E-state index in [9.17, 15) is 23.6 Å². The van der Waals surface area contributed by atoms with E-state index in [1.807, 2.05) is 9.80 Å². The van der Waals surface area contributed by atoms with E-state index in [1.54, 1.807) is 7.05 Å². The molecular formula is C21H21ClFN7O4. The Balaban J connectivity index is 1.32. The maximum atomic E-state index is 13.5. The van der Waals surface area contributed by atoms with E-state index in [4.69, 9.17) is 11.6 Å². The zero-order valence-electron chi connectivity index (χ0n) is 18.4. The Bertz CT molecular complexity index is 1450. The molecule has 2 aromatic heterocycles. The fourth-order valence-electron chi connectivity index (χ4n) is 4.51. The highest BCUT2D eigenvalue weighted by Gasteiger charge is 2.43. The molecule has 13 heteroatoms. The minimum absolute atomic E-state index is 0.0244. The number of amides is 2. The fraction of sp³-hybridized carbons (Fsp3) is 0.381. The largest absolute Gasteiger partial charge is 0.340 e. The van der Waals surface area contributed by atoms with Crippen molar-refractivity contribution in [1.29, 1.82) is 0 Å². The van der Waals surface area contributed by atoms with E-state index >= 15 is 0 Å². The number of carbonyl (C=O) groups excluding carboxylic acids is 2. The van der Waals surface area contributed by atoms with Gasteiger partial charge in [-0.2, -0.15) is 4.98 Å². The van der Waals surface area contributed by atoms with Crippen LogP contribution in [0, 0.1) is 5.82 Å². The van der Waals surface area contributed by atoms with Crippen molar-refractivity contribution in [2.75, 3.05) is 36.0 Å². The summed E-state index contributed by atoms with van der Waals surface area (Å²) in [5.74, 6) is -0.900. The number of anilines is 2. The second-order valence-electron chi connectivity index (χ2n) is 8.37. The molecule has 1 N–H and O–H groups in total. The summed E-state index contributed by atoms with van der Waals surface area (Å²) in [5, 5.41) is -0.159. The number of aromatic nitrogens is 4. The first kappa shape index (κ1) is 22.3. The molecule has 0 saturated carbocycles. The number of hydrogen-bond donors (Lipinski definition) is 1. The lowest BCUT2D eigenvalue weighted by molar-refractivity contribution is -0.123. The molecule has 3 aromatic rings. The van der Waals surface area contributed by atoms with Crippen molar-refractivity contribution < 1.29 is 14.0 Å². The zero-order chi connectivity index (χ0) is 24.3. The van der Waals surface area contributed by atoms with Crippen LogP contribution in [0.25, 0.3) is 11.2 Å². The maximum Gasteiger partial charge on any atom is 0.332 e. The molecule has 178 valence electrons. The van der Waals surface area contributed by atoms with Gasteiger partial charge in [0.15, 0.2) is 11.2 Å². The Morgan fingerprint density at radius 2 is 1.76 bits per heavy atom. The summed E-state index contributed by atoms with van der Waals surface area (Å²) in [5.41, 5.74) is -0.150. The third-order valence-electron chi connectivity index (χ3n) is 6.42. The fourth-order valence-corrected chi connectivity index (χ4v) is 4.68. The van der Waals surface area contributed by atoms with Crippen LogP contribution in [-0.4, -0.2) is 68.0 Å². The van der Waals surface area contributed by atoms with Crippen LogP contribution in [0.4, 0.5) is 16.0 Å². The Morgan fingerprint density at radius 3 is 2.44 bits per heavy atom. The smallest absolute Gasteiger partial charge is 0.332 e. The van der Waals surface area contributed by atoms with Gasteiger partial charge in [0, 0.05) is 40.3 Å². The van der Waals surface area contributed by atoms with Crippen molar-refractivity contribution in [1.82, 2.24) is 24.0 Å². The molecule has 5 rings (SSSR count). The number of imide groups is 1. The number of aromatic amines is 1. The quantitative estimate of drug-likeness (QED) is 0.523. The molecule has 11 nitrogen and oxygen atoms in total. The molecule has 2 amide bonds. The number of H-pyrrole nitrogens is 1. The number of hydrogen-bond acceptors (Lipinski definition) is 7. The number of rotatable bonds is 3. The molecule has 34 heavy (non-hydrogen) atoms. The molecule has 0 radical (unpaired) electrons. The number of piperazine rings is 1. The van der Waals surface area contributed by atoms with Crippen LogP contribution in [-0.2, 0) is 23.7 Å². The molecule has 2 saturated heterocycles. The SMILES string of the molecule is Cn1c(=O)c2[nH]c(N3CCN(C4CC(=O)N(c5ccc(F)c(Cl)c5)C4=O)CC3)nc2n(C)c1=O. The van der Waals surface area contributed by atoms with Gasteiger partial charge in [-0.1, -0.05) is 11.6 Å². The number of carbonyl (C=O) groups is 2. The van der Waals surface area contributed by atoms with Gasteiger partial charge in [0.25, 0.3) is 11.5 Å². The predicted molar refractivity (Wildman–Crippen MR) is 123 cm³/mol. The summed E-state index contributed by atoms with van der Waals surface area (Å²) in [6, 6.07) is 3.13. The number of nitrogens with zero attached hydrogens (tertiary/aromatic N) is 6. The highest BCUT2D eigenvalue weighted by molar-refractivity contribution is 6.31. The van der Waals surface area contributed by atoms with Gasteiger partial charge in [0.05, 0.1) is 23.2 Å². The van der Waals surface area contributed by atoms with E-state index in [-0.39, 0.29) is 40.1 Å². The number of fused-ring (bicyclic) bond motifs is 1. The van der Waals surface area contributed by atoms with Crippen LogP contribution in [0.1, 0.15) is 6.42 Å². The maximum absolute atomic E-state index is 13.5. The van der Waals surface area contributed by atoms with Crippen LogP contribution in [0.2, 0.25) is 5.02 Å². The first-order chi connectivity index (χ1) is 16.2. The molecule has 0 spiro atoms. The van der Waals surface area contributed by atoms with Crippen molar-refractivity contribution in [3.05, 3.63) is 49.9 Å². The average Bonchev–Trinajstić information content (AvgIpc) is 3.40. The van der Waals surface area contributed by atoms with Crippen molar-refractivity contribution >= 4 is 46.2 Å². The molecule has 1 aromatic carbocycles. The Morgan fingerprint density at radius 1 is 1.06 bits per heavy atom. The molecule has 0 aliphatic carbocycles. The predicted octanol–water partition coefficient (Wildman–Crippen LogP) is 0.207. The van der Waals surface area contributed by atoms with E-state index in [0.29, 0.717) is 32.1 Å². The second-order valence-corrected chi connectivity index (χ2v) is 8.78. The molecule has 2 aliphatic rings. The summed E-state index contributed by atoms with van der Waals surface area (Å²) >= 11 is 5.82. The van der Waals surface area contributed by atoms with Gasteiger partial charge in [-0.15, -0.1) is 0 Å². The summed E-state index contributed by atoms with van der Waals surface area (Å²) in [6.07, 6.45) is 0.0244. The van der Waals surface area contributed by atoms with Crippen molar-refractivity contribution in [3.8, 4) is 0 Å². The van der Waals surface area contributed by atoms with Gasteiger partial charge in [-0.25, -0.2) is 14.1 Å². The molecule has 1 unspecified atom stereocenters. The van der Waals surface area contributed by atoms with E-state index in [0.717, 1.165) is 15.5 Å². The second kappa shape index (κ2) is 8.06. The van der Waals surface area contributed by atoms with Crippen LogP contribution < -0.4 is 21.0 Å². The normalized spacial score (nSPS) is 19.6. The summed E-state index contributed by atoms with van der Waals surface area (Å²) < 4.78 is 15.8. The Kier molecular flexibility index (Phi) is 5.29. The van der Waals surface area contributed by atoms with Crippen molar-refractivity contribution in [2.45, 2.75) is 12.5 Å². The number of halogens is 2. The molecule has 4 heterocycles. The van der Waals surface area contributed by atoms with Crippen LogP contribution >= 0.6 is 11.6 Å². The lowest BCUT2D eigenvalue weighted by Crippen LogP contribution is -2.52. The lowest BCUT2D eigenvalue weighted by atomic mass is 10.2. The topological polar surface area (TPSA) is 117 Å². The third-order valence-corrected chi connectivity index (χ3v) is 6.71. The van der Waals surface area contributed by atoms with Gasteiger partial charge in [0.1, 0.15) is 5.82 Å². The monoisotopic (exact) mass is 489 g/mol.